The molecule has 0 aliphatic heterocycles. The number of carbonyl (C=O) groups is 5. The normalized spacial score (nSPS) is 12.7. The summed E-state index contributed by atoms with van der Waals surface area (Å²) in [5, 5.41) is 9.94. The average molecular weight is 550 g/mol. The minimum absolute atomic E-state index is 0.0271. The molecule has 0 bridgehead atoms. The lowest BCUT2D eigenvalue weighted by molar-refractivity contribution is -0.142. The number of nitrogens with two attached hydrogens (primary N) is 1. The molecular formula is C27H43N5O7. The molecule has 0 aliphatic carbocycles. The molecule has 0 aliphatic rings. The topological polar surface area (TPSA) is 178 Å². The number of amides is 5. The Hall–Kier alpha value is -3.83. The van der Waals surface area contributed by atoms with Gasteiger partial charge in [-0.1, -0.05) is 39.8 Å². The average Bonchev–Trinajstić information content (AvgIpc) is 2.78. The number of carbonyl (C=O) groups excluding carboxylic acids is 5. The lowest BCUT2D eigenvalue weighted by atomic mass is 10.0. The first-order valence-corrected chi connectivity index (χ1v) is 13.0. The lowest BCUT2D eigenvalue weighted by Crippen LogP contribution is -2.54. The Morgan fingerprint density at radius 1 is 0.923 bits per heavy atom. The molecule has 39 heavy (non-hydrogen) atoms. The second-order valence-corrected chi connectivity index (χ2v) is 11.0. The van der Waals surface area contributed by atoms with Crippen molar-refractivity contribution in [1.29, 1.82) is 0 Å². The SMILES string of the molecule is CC(C)Cc1ccc(NC(=O)OC(=O)C(CCCNC(N)=O)NC(=O)[C@@H](NC(=O)OC(C)(C)C)C(C)C)cc1. The summed E-state index contributed by atoms with van der Waals surface area (Å²) in [6.07, 6.45) is -0.652. The van der Waals surface area contributed by atoms with Crippen LogP contribution < -0.4 is 27.0 Å². The molecule has 2 atom stereocenters. The summed E-state index contributed by atoms with van der Waals surface area (Å²) < 4.78 is 10.2. The molecule has 5 amide bonds. The lowest BCUT2D eigenvalue weighted by Gasteiger charge is -2.26. The maximum Gasteiger partial charge on any atom is 0.419 e. The van der Waals surface area contributed by atoms with Crippen molar-refractivity contribution >= 4 is 35.8 Å². The first-order valence-electron chi connectivity index (χ1n) is 13.0. The molecule has 0 radical (unpaired) electrons. The molecule has 1 rings (SSSR count). The highest BCUT2D eigenvalue weighted by molar-refractivity contribution is 5.96. The van der Waals surface area contributed by atoms with Crippen LogP contribution in [0.15, 0.2) is 24.3 Å². The summed E-state index contributed by atoms with van der Waals surface area (Å²) >= 11 is 0. The van der Waals surface area contributed by atoms with E-state index in [1.807, 2.05) is 12.1 Å². The van der Waals surface area contributed by atoms with Crippen LogP contribution in [0.1, 0.15) is 66.9 Å². The summed E-state index contributed by atoms with van der Waals surface area (Å²) in [4.78, 5) is 61.5. The molecule has 6 N–H and O–H groups in total. The zero-order valence-corrected chi connectivity index (χ0v) is 23.9. The third kappa shape index (κ3) is 14.0. The van der Waals surface area contributed by atoms with Crippen LogP contribution in [0.4, 0.5) is 20.1 Å². The first kappa shape index (κ1) is 33.2. The Kier molecular flexibility index (Phi) is 13.2. The predicted molar refractivity (Wildman–Crippen MR) is 147 cm³/mol. The van der Waals surface area contributed by atoms with E-state index >= 15 is 0 Å². The molecule has 12 heteroatoms. The van der Waals surface area contributed by atoms with Crippen LogP contribution in [0.3, 0.4) is 0 Å². The van der Waals surface area contributed by atoms with E-state index in [0.29, 0.717) is 11.6 Å². The molecule has 1 unspecified atom stereocenters. The molecule has 1 aromatic rings. The molecule has 0 fully saturated rings. The fourth-order valence-corrected chi connectivity index (χ4v) is 3.50. The van der Waals surface area contributed by atoms with Gasteiger partial charge in [0.25, 0.3) is 0 Å². The fourth-order valence-electron chi connectivity index (χ4n) is 3.50. The molecule has 0 saturated heterocycles. The van der Waals surface area contributed by atoms with E-state index in [0.717, 1.165) is 12.0 Å². The number of nitrogens with one attached hydrogen (secondary N) is 4. The maximum absolute atomic E-state index is 13.0. The molecule has 0 heterocycles. The molecule has 12 nitrogen and oxygen atoms in total. The van der Waals surface area contributed by atoms with Crippen molar-refractivity contribution in [2.45, 2.75) is 85.4 Å². The quantitative estimate of drug-likeness (QED) is 0.150. The summed E-state index contributed by atoms with van der Waals surface area (Å²) in [7, 11) is 0. The smallest absolute Gasteiger partial charge is 0.419 e. The number of rotatable bonds is 12. The predicted octanol–water partition coefficient (Wildman–Crippen LogP) is 3.44. The standard InChI is InChI=1S/C27H43N5O7/c1-16(2)15-18-10-12-19(13-11-18)30-25(36)38-23(34)20(9-8-14-29-24(28)35)31-22(33)21(17(3)4)32-26(37)39-27(5,6)7/h10-13,16-17,20-21H,8-9,14-15H2,1-7H3,(H,30,36)(H,31,33)(H,32,37)(H3,28,29,35)/t20?,21-/m0/s1. The van der Waals surface area contributed by atoms with E-state index in [4.69, 9.17) is 15.2 Å². The summed E-state index contributed by atoms with van der Waals surface area (Å²) in [5.41, 5.74) is 5.84. The first-order chi connectivity index (χ1) is 18.1. The van der Waals surface area contributed by atoms with Gasteiger partial charge in [-0.25, -0.2) is 19.2 Å². The second kappa shape index (κ2) is 15.6. The van der Waals surface area contributed by atoms with Crippen LogP contribution in [0, 0.1) is 11.8 Å². The highest BCUT2D eigenvalue weighted by Crippen LogP contribution is 2.14. The van der Waals surface area contributed by atoms with Crippen LogP contribution in [-0.2, 0) is 25.5 Å². The monoisotopic (exact) mass is 549 g/mol. The van der Waals surface area contributed by atoms with Crippen LogP contribution in [-0.4, -0.2) is 54.3 Å². The van der Waals surface area contributed by atoms with Gasteiger partial charge >= 0.3 is 24.2 Å². The van der Waals surface area contributed by atoms with Gasteiger partial charge in [0, 0.05) is 12.2 Å². The van der Waals surface area contributed by atoms with Crippen molar-refractivity contribution in [3.05, 3.63) is 29.8 Å². The summed E-state index contributed by atoms with van der Waals surface area (Å²) in [6, 6.07) is 4.14. The zero-order valence-electron chi connectivity index (χ0n) is 23.9. The number of urea groups is 1. The molecule has 218 valence electrons. The number of anilines is 1. The van der Waals surface area contributed by atoms with Gasteiger partial charge in [0.2, 0.25) is 5.91 Å². The van der Waals surface area contributed by atoms with Gasteiger partial charge in [0.05, 0.1) is 0 Å². The number of esters is 1. The van der Waals surface area contributed by atoms with Crippen molar-refractivity contribution in [3.8, 4) is 0 Å². The van der Waals surface area contributed by atoms with Crippen molar-refractivity contribution in [2.75, 3.05) is 11.9 Å². The largest absolute Gasteiger partial charge is 0.444 e. The highest BCUT2D eigenvalue weighted by atomic mass is 16.6. The van der Waals surface area contributed by atoms with E-state index in [2.05, 4.69) is 35.1 Å². The second-order valence-electron chi connectivity index (χ2n) is 11.0. The van der Waals surface area contributed by atoms with E-state index < -0.39 is 47.8 Å². The number of hydrogen-bond acceptors (Lipinski definition) is 7. The molecular weight excluding hydrogens is 506 g/mol. The molecule has 0 saturated carbocycles. The third-order valence-electron chi connectivity index (χ3n) is 5.23. The number of benzene rings is 1. The Morgan fingerprint density at radius 3 is 2.05 bits per heavy atom. The van der Waals surface area contributed by atoms with Gasteiger partial charge in [0.1, 0.15) is 17.7 Å². The fraction of sp³-hybridized carbons (Fsp3) is 0.593. The van der Waals surface area contributed by atoms with Crippen molar-refractivity contribution in [2.24, 2.45) is 17.6 Å². The summed E-state index contributed by atoms with van der Waals surface area (Å²) in [6.45, 7) is 12.8. The van der Waals surface area contributed by atoms with Gasteiger partial charge in [0.15, 0.2) is 0 Å². The van der Waals surface area contributed by atoms with Crippen LogP contribution in [0.2, 0.25) is 0 Å². The Morgan fingerprint density at radius 2 is 1.54 bits per heavy atom. The number of alkyl carbamates (subject to hydrolysis) is 1. The van der Waals surface area contributed by atoms with E-state index in [1.165, 1.54) is 0 Å². The summed E-state index contributed by atoms with van der Waals surface area (Å²) in [5.74, 6) is -1.54. The zero-order chi connectivity index (χ0) is 29.8. The third-order valence-corrected chi connectivity index (χ3v) is 5.23. The van der Waals surface area contributed by atoms with Gasteiger partial charge in [-0.05, 0) is 69.6 Å². The van der Waals surface area contributed by atoms with Gasteiger partial charge in [-0.3, -0.25) is 10.1 Å². The minimum atomic E-state index is -1.24. The Labute approximate surface area is 230 Å². The van der Waals surface area contributed by atoms with Crippen LogP contribution in [0.25, 0.3) is 0 Å². The molecule has 1 aromatic carbocycles. The van der Waals surface area contributed by atoms with E-state index in [9.17, 15) is 24.0 Å². The van der Waals surface area contributed by atoms with Crippen molar-refractivity contribution in [3.63, 3.8) is 0 Å². The minimum Gasteiger partial charge on any atom is -0.444 e. The van der Waals surface area contributed by atoms with E-state index in [-0.39, 0.29) is 25.3 Å². The highest BCUT2D eigenvalue weighted by Gasteiger charge is 2.31. The maximum atomic E-state index is 13.0. The molecule has 0 aromatic heterocycles. The Bertz CT molecular complexity index is 987. The van der Waals surface area contributed by atoms with Gasteiger partial charge in [-0.2, -0.15) is 0 Å². The molecule has 0 spiro atoms. The van der Waals surface area contributed by atoms with Crippen LogP contribution >= 0.6 is 0 Å². The van der Waals surface area contributed by atoms with E-state index in [1.54, 1.807) is 46.8 Å². The van der Waals surface area contributed by atoms with Crippen LogP contribution in [0.5, 0.6) is 0 Å². The van der Waals surface area contributed by atoms with Crippen molar-refractivity contribution in [1.82, 2.24) is 16.0 Å². The Balaban J connectivity index is 2.90. The van der Waals surface area contributed by atoms with Gasteiger partial charge < -0.3 is 31.2 Å². The number of ether oxygens (including phenoxy) is 2. The van der Waals surface area contributed by atoms with Crippen molar-refractivity contribution < 1.29 is 33.4 Å². The number of hydrogen-bond donors (Lipinski definition) is 5. The van der Waals surface area contributed by atoms with Gasteiger partial charge in [-0.15, -0.1) is 0 Å². The number of primary amides is 1.